The number of carbonyl (C=O) groups excluding carboxylic acids is 2. The Balaban J connectivity index is 1.37. The number of anilines is 1. The Morgan fingerprint density at radius 2 is 1.61 bits per heavy atom. The summed E-state index contributed by atoms with van der Waals surface area (Å²) in [6.45, 7) is 9.71. The Hall–Kier alpha value is -2.90. The van der Waals surface area contributed by atoms with Gasteiger partial charge in [0.2, 0.25) is 5.91 Å². The van der Waals surface area contributed by atoms with Crippen LogP contribution in [0.25, 0.3) is 11.1 Å². The summed E-state index contributed by atoms with van der Waals surface area (Å²) in [7, 11) is 0. The summed E-state index contributed by atoms with van der Waals surface area (Å²) in [6, 6.07) is 16.1. The molecule has 4 aliphatic rings. The SMILES string of the molecule is CC(C)OC(=O)NC12CCC(CN(C(=O)C3CC(C)(O)C3)c3cccc(-c4ccc(C(C)(C)O)cc4)c3)(CC1)CC2. The van der Waals surface area contributed by atoms with Crippen LogP contribution in [0, 0.1) is 11.3 Å². The molecule has 4 aliphatic carbocycles. The molecular weight excluding hydrogens is 516 g/mol. The molecule has 2 amide bonds. The number of carbonyl (C=O) groups is 2. The van der Waals surface area contributed by atoms with Crippen molar-refractivity contribution in [2.45, 2.75) is 109 Å². The number of benzene rings is 2. The lowest BCUT2D eigenvalue weighted by atomic mass is 9.57. The highest BCUT2D eigenvalue weighted by Crippen LogP contribution is 2.53. The van der Waals surface area contributed by atoms with E-state index in [2.05, 4.69) is 17.4 Å². The Labute approximate surface area is 244 Å². The zero-order valence-electron chi connectivity index (χ0n) is 25.2. The maximum atomic E-state index is 14.0. The molecule has 0 radical (unpaired) electrons. The molecule has 0 atom stereocenters. The van der Waals surface area contributed by atoms with Gasteiger partial charge in [0, 0.05) is 23.7 Å². The predicted molar refractivity (Wildman–Crippen MR) is 160 cm³/mol. The first-order chi connectivity index (χ1) is 19.2. The lowest BCUT2D eigenvalue weighted by Crippen LogP contribution is -2.60. The molecule has 0 saturated heterocycles. The molecule has 4 saturated carbocycles. The number of nitrogens with zero attached hydrogens (tertiary/aromatic N) is 1. The minimum Gasteiger partial charge on any atom is -0.447 e. The number of ether oxygens (including phenoxy) is 1. The van der Waals surface area contributed by atoms with Crippen LogP contribution in [0.15, 0.2) is 48.5 Å². The summed E-state index contributed by atoms with van der Waals surface area (Å²) >= 11 is 0. The number of hydrogen-bond acceptors (Lipinski definition) is 5. The van der Waals surface area contributed by atoms with E-state index in [1.807, 2.05) is 55.1 Å². The lowest BCUT2D eigenvalue weighted by molar-refractivity contribution is -0.137. The number of amides is 2. The molecule has 0 aliphatic heterocycles. The van der Waals surface area contributed by atoms with Gasteiger partial charge >= 0.3 is 6.09 Å². The average molecular weight is 563 g/mol. The van der Waals surface area contributed by atoms with E-state index in [0.717, 1.165) is 60.9 Å². The number of nitrogens with one attached hydrogen (secondary N) is 1. The van der Waals surface area contributed by atoms with Gasteiger partial charge in [-0.1, -0.05) is 36.4 Å². The zero-order chi connectivity index (χ0) is 29.6. The number of hydrogen-bond donors (Lipinski definition) is 3. The third-order valence-corrected chi connectivity index (χ3v) is 9.68. The maximum absolute atomic E-state index is 14.0. The molecule has 4 fully saturated rings. The average Bonchev–Trinajstić information content (AvgIpc) is 2.90. The summed E-state index contributed by atoms with van der Waals surface area (Å²) < 4.78 is 5.37. The molecule has 222 valence electrons. The van der Waals surface area contributed by atoms with Gasteiger partial charge < -0.3 is 25.2 Å². The molecule has 7 heteroatoms. The zero-order valence-corrected chi connectivity index (χ0v) is 25.2. The van der Waals surface area contributed by atoms with E-state index in [1.165, 1.54) is 0 Å². The van der Waals surface area contributed by atoms with E-state index in [0.29, 0.717) is 19.4 Å². The summed E-state index contributed by atoms with van der Waals surface area (Å²) in [6.07, 6.45) is 5.96. The van der Waals surface area contributed by atoms with E-state index >= 15 is 0 Å². The number of rotatable bonds is 8. The normalized spacial score (nSPS) is 29.1. The van der Waals surface area contributed by atoms with Crippen LogP contribution in [0.5, 0.6) is 0 Å². The van der Waals surface area contributed by atoms with Crippen molar-refractivity contribution in [1.29, 1.82) is 0 Å². The van der Waals surface area contributed by atoms with Crippen molar-refractivity contribution in [1.82, 2.24) is 5.32 Å². The van der Waals surface area contributed by atoms with E-state index in [4.69, 9.17) is 4.74 Å². The van der Waals surface area contributed by atoms with Gasteiger partial charge in [0.05, 0.1) is 17.3 Å². The quantitative estimate of drug-likeness (QED) is 0.351. The van der Waals surface area contributed by atoms with Crippen LogP contribution < -0.4 is 10.2 Å². The third-order valence-electron chi connectivity index (χ3n) is 9.68. The van der Waals surface area contributed by atoms with Gasteiger partial charge in [0.25, 0.3) is 0 Å². The van der Waals surface area contributed by atoms with Gasteiger partial charge in [-0.15, -0.1) is 0 Å². The van der Waals surface area contributed by atoms with Crippen molar-refractivity contribution in [3.63, 3.8) is 0 Å². The molecule has 2 aromatic rings. The fraction of sp³-hybridized carbons (Fsp3) is 0.588. The third kappa shape index (κ3) is 6.46. The van der Waals surface area contributed by atoms with Gasteiger partial charge in [-0.2, -0.15) is 0 Å². The Morgan fingerprint density at radius 1 is 1.00 bits per heavy atom. The van der Waals surface area contributed by atoms with Crippen molar-refractivity contribution in [3.05, 3.63) is 54.1 Å². The standard InChI is InChI=1S/C34H46N2O5/c1-23(2)41-30(38)35-34-16-13-33(14-17-34,15-18-34)22-36(29(37)26-20-32(5,40)21-26)28-8-6-7-25(19-28)24-9-11-27(12-10-24)31(3,4)39/h6-12,19,23,26,39-40H,13-18,20-22H2,1-5H3,(H,35,38). The Morgan fingerprint density at radius 3 is 2.15 bits per heavy atom. The molecule has 0 aromatic heterocycles. The molecule has 2 aromatic carbocycles. The van der Waals surface area contributed by atoms with Crippen LogP contribution >= 0.6 is 0 Å². The van der Waals surface area contributed by atoms with Crippen molar-refractivity contribution >= 4 is 17.7 Å². The number of aliphatic hydroxyl groups is 2. The van der Waals surface area contributed by atoms with Crippen molar-refractivity contribution in [2.75, 3.05) is 11.4 Å². The molecule has 6 rings (SSSR count). The minimum atomic E-state index is -0.908. The van der Waals surface area contributed by atoms with E-state index < -0.39 is 11.2 Å². The molecule has 41 heavy (non-hydrogen) atoms. The fourth-order valence-corrected chi connectivity index (χ4v) is 7.10. The highest BCUT2D eigenvalue weighted by atomic mass is 16.6. The van der Waals surface area contributed by atoms with Gasteiger partial charge in [0.15, 0.2) is 0 Å². The molecule has 2 bridgehead atoms. The van der Waals surface area contributed by atoms with Crippen molar-refractivity contribution < 1.29 is 24.5 Å². The lowest BCUT2D eigenvalue weighted by Gasteiger charge is -2.55. The van der Waals surface area contributed by atoms with Crippen LogP contribution in [-0.2, 0) is 15.1 Å². The van der Waals surface area contributed by atoms with Crippen molar-refractivity contribution in [2.24, 2.45) is 11.3 Å². The molecule has 7 nitrogen and oxygen atoms in total. The van der Waals surface area contributed by atoms with Crippen LogP contribution in [0.1, 0.15) is 91.5 Å². The van der Waals surface area contributed by atoms with Crippen LogP contribution in [0.2, 0.25) is 0 Å². The molecule has 0 spiro atoms. The predicted octanol–water partition coefficient (Wildman–Crippen LogP) is 6.30. The fourth-order valence-electron chi connectivity index (χ4n) is 7.10. The first kappa shape index (κ1) is 29.6. The Kier molecular flexibility index (Phi) is 7.75. The van der Waals surface area contributed by atoms with Gasteiger partial charge in [-0.05, 0) is 120 Å². The molecule has 3 N–H and O–H groups in total. The van der Waals surface area contributed by atoms with Crippen molar-refractivity contribution in [3.8, 4) is 11.1 Å². The second-order valence-corrected chi connectivity index (χ2v) is 14.1. The van der Waals surface area contributed by atoms with Crippen LogP contribution in [0.3, 0.4) is 0 Å². The Bertz CT molecular complexity index is 1240. The highest BCUT2D eigenvalue weighted by Gasteiger charge is 2.52. The first-order valence-electron chi connectivity index (χ1n) is 15.1. The summed E-state index contributed by atoms with van der Waals surface area (Å²) in [5.74, 6) is -0.101. The van der Waals surface area contributed by atoms with Crippen LogP contribution in [0.4, 0.5) is 10.5 Å². The largest absolute Gasteiger partial charge is 0.447 e. The summed E-state index contributed by atoms with van der Waals surface area (Å²) in [5, 5.41) is 23.9. The highest BCUT2D eigenvalue weighted by molar-refractivity contribution is 5.96. The van der Waals surface area contributed by atoms with Gasteiger partial charge in [-0.25, -0.2) is 4.79 Å². The van der Waals surface area contributed by atoms with E-state index in [1.54, 1.807) is 20.8 Å². The second kappa shape index (κ2) is 10.7. The minimum absolute atomic E-state index is 0.00231. The van der Waals surface area contributed by atoms with E-state index in [-0.39, 0.29) is 35.0 Å². The second-order valence-electron chi connectivity index (χ2n) is 14.1. The first-order valence-corrected chi connectivity index (χ1v) is 15.1. The van der Waals surface area contributed by atoms with E-state index in [9.17, 15) is 19.8 Å². The molecular formula is C34H46N2O5. The maximum Gasteiger partial charge on any atom is 0.407 e. The molecule has 0 unspecified atom stereocenters. The van der Waals surface area contributed by atoms with Gasteiger partial charge in [-0.3, -0.25) is 4.79 Å². The topological polar surface area (TPSA) is 99.1 Å². The smallest absolute Gasteiger partial charge is 0.407 e. The van der Waals surface area contributed by atoms with Gasteiger partial charge in [0.1, 0.15) is 0 Å². The summed E-state index contributed by atoms with van der Waals surface area (Å²) in [5.41, 5.74) is 1.86. The van der Waals surface area contributed by atoms with Crippen LogP contribution in [-0.4, -0.2) is 46.0 Å². The summed E-state index contributed by atoms with van der Waals surface area (Å²) in [4.78, 5) is 28.4. The number of fused-ring (bicyclic) bond motifs is 3. The number of alkyl carbamates (subject to hydrolysis) is 1. The monoisotopic (exact) mass is 562 g/mol. The molecule has 0 heterocycles.